The third kappa shape index (κ3) is 8.77. The predicted octanol–water partition coefficient (Wildman–Crippen LogP) is 4.09. The molecule has 0 aromatic carbocycles. The fourth-order valence-electron chi connectivity index (χ4n) is 3.97. The molecule has 2 unspecified atom stereocenters. The third-order valence-electron chi connectivity index (χ3n) is 5.93. The first-order valence-corrected chi connectivity index (χ1v) is 12.8. The van der Waals surface area contributed by atoms with E-state index in [1.165, 1.54) is 69.6 Å². The fraction of sp³-hybridized carbons (Fsp3) is 0.440. The highest BCUT2D eigenvalue weighted by Gasteiger charge is 2.21. The monoisotopic (exact) mass is 592 g/mol. The van der Waals surface area contributed by atoms with E-state index in [0.29, 0.717) is 10.2 Å². The molecule has 3 N–H and O–H groups in total. The second-order valence-electron chi connectivity index (χ2n) is 8.18. The summed E-state index contributed by atoms with van der Waals surface area (Å²) < 4.78 is 10.1. The van der Waals surface area contributed by atoms with Gasteiger partial charge in [-0.2, -0.15) is 10.2 Å². The number of aromatic carboxylic acids is 2. The van der Waals surface area contributed by atoms with Gasteiger partial charge in [0.15, 0.2) is 11.4 Å². The summed E-state index contributed by atoms with van der Waals surface area (Å²) in [5, 5.41) is 28.7. The van der Waals surface area contributed by atoms with E-state index in [4.69, 9.17) is 19.7 Å². The van der Waals surface area contributed by atoms with Crippen molar-refractivity contribution < 1.29 is 29.3 Å². The summed E-state index contributed by atoms with van der Waals surface area (Å²) >= 11 is 3.06. The highest BCUT2D eigenvalue weighted by atomic mass is 79.9. The third-order valence-corrected chi connectivity index (χ3v) is 6.57. The maximum atomic E-state index is 11.0. The summed E-state index contributed by atoms with van der Waals surface area (Å²) in [6.07, 6.45) is 9.99. The van der Waals surface area contributed by atoms with Gasteiger partial charge in [-0.1, -0.05) is 26.2 Å². The van der Waals surface area contributed by atoms with Gasteiger partial charge in [0.25, 0.3) is 0 Å². The van der Waals surface area contributed by atoms with E-state index in [0.717, 1.165) is 12.0 Å². The number of rotatable bonds is 7. The molecule has 0 amide bonds. The Morgan fingerprint density at radius 1 is 0.974 bits per heavy atom. The largest absolute Gasteiger partial charge is 0.481 e. The highest BCUT2D eigenvalue weighted by molar-refractivity contribution is 9.10. The van der Waals surface area contributed by atoms with Gasteiger partial charge < -0.3 is 25.0 Å². The molecule has 3 aromatic heterocycles. The molecule has 0 spiro atoms. The zero-order chi connectivity index (χ0) is 28.1. The standard InChI is InChI=1S/C9H8N4O3.C9H19N.C7H6BrNO3/c1-16-7-3-2-6(8(12-7)9(14)15)13-10-4-5-11-13;1-3-8-6-4-5-7-9(8)10-2;1-12-5-3-2-4(8)6(9-5)7(10)11/h2-5H,1H3,(H,14,15);8-10H,3-7H2,1-2H3;2-3H,1H3,(H,10,11). The lowest BCUT2D eigenvalue weighted by Crippen LogP contribution is -2.35. The van der Waals surface area contributed by atoms with Crippen molar-refractivity contribution in [1.29, 1.82) is 0 Å². The molecular weight excluding hydrogens is 560 g/mol. The number of carboxylic acids is 2. The second-order valence-corrected chi connectivity index (χ2v) is 9.04. The van der Waals surface area contributed by atoms with Crippen LogP contribution in [0.25, 0.3) is 5.69 Å². The molecule has 12 nitrogen and oxygen atoms in total. The Kier molecular flexibility index (Phi) is 12.6. The smallest absolute Gasteiger partial charge is 0.356 e. The number of hydrogen-bond acceptors (Lipinski definition) is 9. The maximum absolute atomic E-state index is 11.0. The Labute approximate surface area is 229 Å². The van der Waals surface area contributed by atoms with E-state index in [1.807, 2.05) is 0 Å². The topological polar surface area (TPSA) is 162 Å². The van der Waals surface area contributed by atoms with Crippen LogP contribution >= 0.6 is 15.9 Å². The normalized spacial score (nSPS) is 16.2. The Balaban J connectivity index is 0.000000207. The minimum absolute atomic E-state index is 0.0469. The van der Waals surface area contributed by atoms with Crippen molar-refractivity contribution in [2.45, 2.75) is 45.1 Å². The number of halogens is 1. The molecular formula is C25H33BrN6O6. The molecule has 1 saturated carbocycles. The van der Waals surface area contributed by atoms with Crippen molar-refractivity contribution in [3.05, 3.63) is 52.5 Å². The average molecular weight is 593 g/mol. The summed E-state index contributed by atoms with van der Waals surface area (Å²) in [5.74, 6) is -0.769. The van der Waals surface area contributed by atoms with Crippen LogP contribution in [0.4, 0.5) is 0 Å². The van der Waals surface area contributed by atoms with Crippen LogP contribution in [0.1, 0.15) is 60.0 Å². The molecule has 1 fully saturated rings. The average Bonchev–Trinajstić information content (AvgIpc) is 3.48. The first-order valence-electron chi connectivity index (χ1n) is 12.0. The number of methoxy groups -OCH3 is 2. The van der Waals surface area contributed by atoms with Gasteiger partial charge in [-0.3, -0.25) is 0 Å². The molecule has 38 heavy (non-hydrogen) atoms. The van der Waals surface area contributed by atoms with Gasteiger partial charge in [0.2, 0.25) is 11.8 Å². The first-order chi connectivity index (χ1) is 18.2. The summed E-state index contributed by atoms with van der Waals surface area (Å²) in [4.78, 5) is 30.3. The minimum atomic E-state index is -1.16. The van der Waals surface area contributed by atoms with Crippen LogP contribution < -0.4 is 14.8 Å². The van der Waals surface area contributed by atoms with Gasteiger partial charge >= 0.3 is 11.9 Å². The van der Waals surface area contributed by atoms with Gasteiger partial charge in [-0.05, 0) is 53.9 Å². The number of ether oxygens (including phenoxy) is 2. The number of nitrogens with zero attached hydrogens (tertiary/aromatic N) is 5. The van der Waals surface area contributed by atoms with Crippen LogP contribution in [0.15, 0.2) is 41.1 Å². The molecule has 0 bridgehead atoms. The number of hydrogen-bond donors (Lipinski definition) is 3. The zero-order valence-electron chi connectivity index (χ0n) is 21.8. The van der Waals surface area contributed by atoms with Crippen molar-refractivity contribution in [3.8, 4) is 17.4 Å². The zero-order valence-corrected chi connectivity index (χ0v) is 23.4. The summed E-state index contributed by atoms with van der Waals surface area (Å²) in [6, 6.07) is 7.06. The van der Waals surface area contributed by atoms with Crippen LogP contribution in [0.2, 0.25) is 0 Å². The van der Waals surface area contributed by atoms with E-state index in [-0.39, 0.29) is 23.1 Å². The molecule has 0 radical (unpaired) electrons. The molecule has 3 heterocycles. The van der Waals surface area contributed by atoms with Crippen LogP contribution in [0, 0.1) is 5.92 Å². The van der Waals surface area contributed by atoms with Crippen molar-refractivity contribution in [3.63, 3.8) is 0 Å². The molecule has 4 rings (SSSR count). The van der Waals surface area contributed by atoms with Gasteiger partial charge in [-0.15, -0.1) is 4.80 Å². The summed E-state index contributed by atoms with van der Waals surface area (Å²) in [6.45, 7) is 2.31. The Hall–Kier alpha value is -3.58. The number of nitrogens with one attached hydrogen (secondary N) is 1. The van der Waals surface area contributed by atoms with Crippen LogP contribution in [0.3, 0.4) is 0 Å². The lowest BCUT2D eigenvalue weighted by Gasteiger charge is -2.30. The van der Waals surface area contributed by atoms with Crippen molar-refractivity contribution in [2.75, 3.05) is 21.3 Å². The SMILES string of the molecule is CCC1CCCCC1NC.COc1ccc(-n2nccn2)c(C(=O)O)n1.COc1ccc(Br)c(C(=O)O)n1. The number of carbonyl (C=O) groups is 2. The van der Waals surface area contributed by atoms with Crippen LogP contribution in [0.5, 0.6) is 11.8 Å². The second kappa shape index (κ2) is 15.6. The number of aromatic nitrogens is 5. The van der Waals surface area contributed by atoms with E-state index in [1.54, 1.807) is 18.2 Å². The molecule has 2 atom stereocenters. The van der Waals surface area contributed by atoms with Crippen LogP contribution in [-0.4, -0.2) is 74.4 Å². The number of pyridine rings is 2. The minimum Gasteiger partial charge on any atom is -0.481 e. The van der Waals surface area contributed by atoms with E-state index in [9.17, 15) is 9.59 Å². The molecule has 1 aliphatic rings. The summed E-state index contributed by atoms with van der Waals surface area (Å²) in [5.41, 5.74) is 0.0863. The Morgan fingerprint density at radius 3 is 2.03 bits per heavy atom. The van der Waals surface area contributed by atoms with Gasteiger partial charge in [0, 0.05) is 18.2 Å². The van der Waals surface area contributed by atoms with Gasteiger partial charge in [0.05, 0.1) is 31.1 Å². The molecule has 13 heteroatoms. The van der Waals surface area contributed by atoms with Crippen molar-refractivity contribution >= 4 is 27.9 Å². The molecule has 206 valence electrons. The number of carboxylic acid groups (broad SMARTS) is 2. The molecule has 0 aliphatic heterocycles. The van der Waals surface area contributed by atoms with Gasteiger partial charge in [-0.25, -0.2) is 19.6 Å². The van der Waals surface area contributed by atoms with Crippen LogP contribution in [-0.2, 0) is 0 Å². The van der Waals surface area contributed by atoms with Gasteiger partial charge in [0.1, 0.15) is 5.69 Å². The predicted molar refractivity (Wildman–Crippen MR) is 143 cm³/mol. The maximum Gasteiger partial charge on any atom is 0.356 e. The molecule has 3 aromatic rings. The molecule has 1 aliphatic carbocycles. The van der Waals surface area contributed by atoms with E-state index < -0.39 is 11.9 Å². The lowest BCUT2D eigenvalue weighted by atomic mass is 9.83. The van der Waals surface area contributed by atoms with Crippen molar-refractivity contribution in [2.24, 2.45) is 5.92 Å². The Morgan fingerprint density at radius 2 is 1.53 bits per heavy atom. The molecule has 0 saturated heterocycles. The van der Waals surface area contributed by atoms with E-state index in [2.05, 4.69) is 55.4 Å². The van der Waals surface area contributed by atoms with E-state index >= 15 is 0 Å². The van der Waals surface area contributed by atoms with Crippen molar-refractivity contribution in [1.82, 2.24) is 30.3 Å². The summed E-state index contributed by atoms with van der Waals surface area (Å²) in [7, 11) is 4.94. The quantitative estimate of drug-likeness (QED) is 0.362. The highest BCUT2D eigenvalue weighted by Crippen LogP contribution is 2.26. The first kappa shape index (κ1) is 30.6. The fourth-order valence-corrected chi connectivity index (χ4v) is 4.36. The lowest BCUT2D eigenvalue weighted by molar-refractivity contribution is 0.0678. The Bertz CT molecular complexity index is 1170.